The summed E-state index contributed by atoms with van der Waals surface area (Å²) in [5.74, 6) is 2.72. The Hall–Kier alpha value is -2.56. The summed E-state index contributed by atoms with van der Waals surface area (Å²) in [6, 6.07) is 20.1. The van der Waals surface area contributed by atoms with Crippen LogP contribution in [0.2, 0.25) is 0 Å². The Balaban J connectivity index is 1.48. The minimum atomic E-state index is -0.448. The molecule has 0 bridgehead atoms. The highest BCUT2D eigenvalue weighted by atomic mass is 16.5. The van der Waals surface area contributed by atoms with Crippen LogP contribution in [-0.4, -0.2) is 18.8 Å². The highest BCUT2D eigenvalue weighted by Gasteiger charge is 2.07. The van der Waals surface area contributed by atoms with Gasteiger partial charge in [-0.1, -0.05) is 36.4 Å². The lowest BCUT2D eigenvalue weighted by molar-refractivity contribution is -0.671. The fourth-order valence-electron chi connectivity index (χ4n) is 2.87. The molecule has 0 fully saturated rings. The van der Waals surface area contributed by atoms with Crippen molar-refractivity contribution in [3.8, 4) is 17.1 Å². The Morgan fingerprint density at radius 3 is 2.38 bits per heavy atom. The number of quaternary nitrogens is 1. The summed E-state index contributed by atoms with van der Waals surface area (Å²) in [5.41, 5.74) is 3.24. The van der Waals surface area contributed by atoms with Gasteiger partial charge in [-0.3, -0.25) is 0 Å². The highest BCUT2D eigenvalue weighted by Crippen LogP contribution is 2.23. The molecule has 2 aromatic carbocycles. The molecule has 0 aliphatic heterocycles. The number of hydrogen-bond donors (Lipinski definition) is 2. The lowest BCUT2D eigenvalue weighted by atomic mass is 10.1. The number of hydrogen-bond acceptors (Lipinski definition) is 3. The maximum Gasteiger partial charge on any atom is 0.158 e. The first-order valence-corrected chi connectivity index (χ1v) is 8.97. The van der Waals surface area contributed by atoms with Gasteiger partial charge in [0, 0.05) is 12.0 Å². The molecular weight excluding hydrogens is 326 g/mol. The van der Waals surface area contributed by atoms with Crippen molar-refractivity contribution in [3.63, 3.8) is 0 Å². The van der Waals surface area contributed by atoms with Crippen molar-refractivity contribution < 1.29 is 19.6 Å². The molecule has 0 amide bonds. The predicted octanol–water partition coefficient (Wildman–Crippen LogP) is 3.31. The van der Waals surface area contributed by atoms with E-state index in [0.717, 1.165) is 47.9 Å². The van der Waals surface area contributed by atoms with E-state index >= 15 is 0 Å². The first-order valence-electron chi connectivity index (χ1n) is 8.97. The summed E-state index contributed by atoms with van der Waals surface area (Å²) in [5, 5.41) is 11.8. The van der Waals surface area contributed by atoms with Gasteiger partial charge in [0.05, 0.1) is 19.8 Å². The largest absolute Gasteiger partial charge is 0.497 e. The van der Waals surface area contributed by atoms with Crippen molar-refractivity contribution in [2.24, 2.45) is 0 Å². The van der Waals surface area contributed by atoms with Crippen LogP contribution in [0.4, 0.5) is 0 Å². The third-order valence-corrected chi connectivity index (χ3v) is 4.48. The van der Waals surface area contributed by atoms with Crippen molar-refractivity contribution in [3.05, 3.63) is 77.6 Å². The first kappa shape index (κ1) is 18.2. The summed E-state index contributed by atoms with van der Waals surface area (Å²) < 4.78 is 11.1. The molecular formula is C22H26NO3+. The normalized spacial score (nSPS) is 12.1. The molecule has 136 valence electrons. The molecule has 3 rings (SSSR count). The Kier molecular flexibility index (Phi) is 6.10. The summed E-state index contributed by atoms with van der Waals surface area (Å²) in [6.45, 7) is 3.59. The Bertz CT molecular complexity index is 804. The van der Waals surface area contributed by atoms with Crippen molar-refractivity contribution in [1.82, 2.24) is 0 Å². The van der Waals surface area contributed by atoms with Crippen LogP contribution in [0.5, 0.6) is 5.75 Å². The SMILES string of the molecule is COc1ccc(CC[NH2+]Cc2ccc(-c3ccc([C@H](C)O)cc3)o2)cc1. The molecule has 0 unspecified atom stereocenters. The molecule has 3 N–H and O–H groups in total. The molecule has 0 saturated heterocycles. The zero-order valence-corrected chi connectivity index (χ0v) is 15.3. The maximum absolute atomic E-state index is 9.58. The second-order valence-corrected chi connectivity index (χ2v) is 6.44. The summed E-state index contributed by atoms with van der Waals surface area (Å²) in [7, 11) is 1.68. The monoisotopic (exact) mass is 352 g/mol. The molecule has 3 aromatic rings. The van der Waals surface area contributed by atoms with Crippen molar-refractivity contribution in [1.29, 1.82) is 0 Å². The van der Waals surface area contributed by atoms with Gasteiger partial charge in [0.2, 0.25) is 0 Å². The number of nitrogens with two attached hydrogens (primary N) is 1. The molecule has 1 atom stereocenters. The zero-order valence-electron chi connectivity index (χ0n) is 15.3. The number of furan rings is 1. The predicted molar refractivity (Wildman–Crippen MR) is 102 cm³/mol. The smallest absolute Gasteiger partial charge is 0.158 e. The molecule has 0 saturated carbocycles. The van der Waals surface area contributed by atoms with E-state index in [4.69, 9.17) is 9.15 Å². The molecule has 26 heavy (non-hydrogen) atoms. The lowest BCUT2D eigenvalue weighted by Crippen LogP contribution is -2.83. The zero-order chi connectivity index (χ0) is 18.4. The number of methoxy groups -OCH3 is 1. The van der Waals surface area contributed by atoms with Gasteiger partial charge in [0.15, 0.2) is 5.76 Å². The van der Waals surface area contributed by atoms with Crippen molar-refractivity contribution in [2.75, 3.05) is 13.7 Å². The third-order valence-electron chi connectivity index (χ3n) is 4.48. The summed E-state index contributed by atoms with van der Waals surface area (Å²) >= 11 is 0. The summed E-state index contributed by atoms with van der Waals surface area (Å²) in [6.07, 6.45) is 0.565. The van der Waals surface area contributed by atoms with Crippen LogP contribution >= 0.6 is 0 Å². The number of aliphatic hydroxyl groups is 1. The van der Waals surface area contributed by atoms with Crippen LogP contribution in [0.25, 0.3) is 11.3 Å². The number of aliphatic hydroxyl groups excluding tert-OH is 1. The van der Waals surface area contributed by atoms with E-state index in [2.05, 4.69) is 17.4 Å². The Morgan fingerprint density at radius 1 is 1.00 bits per heavy atom. The van der Waals surface area contributed by atoms with E-state index in [1.807, 2.05) is 48.5 Å². The van der Waals surface area contributed by atoms with Crippen LogP contribution in [0.1, 0.15) is 29.9 Å². The molecule has 0 radical (unpaired) electrons. The molecule has 4 heteroatoms. The van der Waals surface area contributed by atoms with Gasteiger partial charge in [0.1, 0.15) is 18.1 Å². The topological polar surface area (TPSA) is 59.2 Å². The molecule has 0 aliphatic carbocycles. The molecule has 1 heterocycles. The van der Waals surface area contributed by atoms with Gasteiger partial charge in [-0.25, -0.2) is 0 Å². The average Bonchev–Trinajstić information content (AvgIpc) is 3.15. The molecule has 0 aliphatic rings. The minimum Gasteiger partial charge on any atom is -0.497 e. The van der Waals surface area contributed by atoms with Crippen LogP contribution in [-0.2, 0) is 13.0 Å². The van der Waals surface area contributed by atoms with E-state index < -0.39 is 6.10 Å². The fourth-order valence-corrected chi connectivity index (χ4v) is 2.87. The third kappa shape index (κ3) is 4.75. The van der Waals surface area contributed by atoms with Gasteiger partial charge >= 0.3 is 0 Å². The van der Waals surface area contributed by atoms with Gasteiger partial charge in [-0.2, -0.15) is 0 Å². The number of rotatable bonds is 8. The summed E-state index contributed by atoms with van der Waals surface area (Å²) in [4.78, 5) is 0. The highest BCUT2D eigenvalue weighted by molar-refractivity contribution is 5.58. The van der Waals surface area contributed by atoms with Gasteiger partial charge in [-0.15, -0.1) is 0 Å². The van der Waals surface area contributed by atoms with Crippen LogP contribution < -0.4 is 10.1 Å². The van der Waals surface area contributed by atoms with Crippen molar-refractivity contribution in [2.45, 2.75) is 26.0 Å². The molecule has 4 nitrogen and oxygen atoms in total. The second-order valence-electron chi connectivity index (χ2n) is 6.44. The quantitative estimate of drug-likeness (QED) is 0.612. The van der Waals surface area contributed by atoms with E-state index in [-0.39, 0.29) is 0 Å². The Morgan fingerprint density at radius 2 is 1.73 bits per heavy atom. The van der Waals surface area contributed by atoms with Crippen molar-refractivity contribution >= 4 is 0 Å². The van der Waals surface area contributed by atoms with E-state index in [1.54, 1.807) is 14.0 Å². The van der Waals surface area contributed by atoms with Crippen LogP contribution in [0.3, 0.4) is 0 Å². The van der Waals surface area contributed by atoms with E-state index in [1.165, 1.54) is 5.56 Å². The van der Waals surface area contributed by atoms with Gasteiger partial charge < -0.3 is 19.6 Å². The first-order chi connectivity index (χ1) is 12.7. The second kappa shape index (κ2) is 8.70. The minimum absolute atomic E-state index is 0.448. The average molecular weight is 352 g/mol. The van der Waals surface area contributed by atoms with Gasteiger partial charge in [-0.05, 0) is 42.3 Å². The van der Waals surface area contributed by atoms with Crippen LogP contribution in [0, 0.1) is 0 Å². The lowest BCUT2D eigenvalue weighted by Gasteiger charge is -2.05. The number of ether oxygens (including phenoxy) is 1. The standard InChI is InChI=1S/C22H25NO3/c1-16(24)18-5-7-19(8-6-18)22-12-11-21(26-22)15-23-14-13-17-3-9-20(25-2)10-4-17/h3-12,16,23-24H,13-15H2,1-2H3/p+1/t16-/m0/s1. The van der Waals surface area contributed by atoms with Gasteiger partial charge in [0.25, 0.3) is 0 Å². The Labute approximate surface area is 154 Å². The molecule has 0 spiro atoms. The van der Waals surface area contributed by atoms with E-state index in [0.29, 0.717) is 0 Å². The fraction of sp³-hybridized carbons (Fsp3) is 0.273. The number of benzene rings is 2. The van der Waals surface area contributed by atoms with Crippen LogP contribution in [0.15, 0.2) is 65.1 Å². The van der Waals surface area contributed by atoms with E-state index in [9.17, 15) is 5.11 Å². The molecule has 1 aromatic heterocycles. The maximum atomic E-state index is 9.58.